The molecular formula is C12H18O5. The molecule has 2 rings (SSSR count). The van der Waals surface area contributed by atoms with Gasteiger partial charge in [-0.1, -0.05) is 0 Å². The number of hydrogen-bond donors (Lipinski definition) is 0. The zero-order valence-corrected chi connectivity index (χ0v) is 10.3. The minimum Gasteiger partial charge on any atom is -0.367 e. The first-order valence-electron chi connectivity index (χ1n) is 5.92. The molecule has 5 atom stereocenters. The molecule has 0 spiro atoms. The van der Waals surface area contributed by atoms with Gasteiger partial charge >= 0.3 is 0 Å². The lowest BCUT2D eigenvalue weighted by Gasteiger charge is -2.26. The molecule has 2 aliphatic heterocycles. The van der Waals surface area contributed by atoms with Gasteiger partial charge in [-0.3, -0.25) is 4.79 Å². The summed E-state index contributed by atoms with van der Waals surface area (Å²) in [6.07, 6.45) is 1.58. The Bertz CT molecular complexity index is 314. The molecule has 17 heavy (non-hydrogen) atoms. The molecule has 2 heterocycles. The molecule has 1 unspecified atom stereocenters. The van der Waals surface area contributed by atoms with E-state index >= 15 is 0 Å². The fraction of sp³-hybridized carbons (Fsp3) is 0.750. The molecule has 0 aromatic heterocycles. The van der Waals surface area contributed by atoms with Crippen LogP contribution in [-0.4, -0.2) is 43.3 Å². The molecule has 0 amide bonds. The van der Waals surface area contributed by atoms with Crippen LogP contribution < -0.4 is 0 Å². The third kappa shape index (κ3) is 3.13. The predicted molar refractivity (Wildman–Crippen MR) is 59.3 cm³/mol. The maximum atomic E-state index is 11.6. The van der Waals surface area contributed by atoms with E-state index in [9.17, 15) is 4.79 Å². The molecule has 1 saturated heterocycles. The number of epoxide rings is 1. The molecule has 0 aliphatic carbocycles. The first-order chi connectivity index (χ1) is 8.11. The Morgan fingerprint density at radius 3 is 2.76 bits per heavy atom. The van der Waals surface area contributed by atoms with Crippen LogP contribution in [0.2, 0.25) is 0 Å². The summed E-state index contributed by atoms with van der Waals surface area (Å²) in [6.45, 7) is 6.17. The van der Waals surface area contributed by atoms with Crippen molar-refractivity contribution in [2.75, 3.05) is 6.61 Å². The number of carbonyl (C=O) groups is 1. The third-order valence-corrected chi connectivity index (χ3v) is 2.76. The van der Waals surface area contributed by atoms with E-state index in [0.29, 0.717) is 6.61 Å². The van der Waals surface area contributed by atoms with Crippen molar-refractivity contribution in [2.45, 2.75) is 51.7 Å². The Morgan fingerprint density at radius 2 is 2.18 bits per heavy atom. The maximum Gasteiger partial charge on any atom is 0.187 e. The first-order valence-corrected chi connectivity index (χ1v) is 5.92. The lowest BCUT2D eigenvalue weighted by Crippen LogP contribution is -2.39. The van der Waals surface area contributed by atoms with Crippen LogP contribution in [0.15, 0.2) is 12.2 Å². The second kappa shape index (κ2) is 5.27. The van der Waals surface area contributed by atoms with Crippen LogP contribution in [-0.2, 0) is 23.7 Å². The van der Waals surface area contributed by atoms with Gasteiger partial charge in [-0.15, -0.1) is 0 Å². The normalized spacial score (nSPS) is 38.2. The summed E-state index contributed by atoms with van der Waals surface area (Å²) < 4.78 is 21.5. The summed E-state index contributed by atoms with van der Waals surface area (Å²) in [4.78, 5) is 11.6. The molecule has 5 nitrogen and oxygen atoms in total. The van der Waals surface area contributed by atoms with Crippen molar-refractivity contribution in [2.24, 2.45) is 0 Å². The van der Waals surface area contributed by atoms with Crippen molar-refractivity contribution in [1.82, 2.24) is 0 Å². The van der Waals surface area contributed by atoms with E-state index in [0.717, 1.165) is 0 Å². The average Bonchev–Trinajstić information content (AvgIpc) is 2.99. The summed E-state index contributed by atoms with van der Waals surface area (Å²) in [6, 6.07) is 0. The Balaban J connectivity index is 1.88. The van der Waals surface area contributed by atoms with E-state index in [1.54, 1.807) is 13.0 Å². The fourth-order valence-corrected chi connectivity index (χ4v) is 1.82. The standard InChI is InChI=1S/C12H18O5/c1-4-14-8(3)16-10-6-5-9(13)12(17-10)11-7(2)15-11/h5-8,10-12H,4H2,1-3H3/t7-,8?,10-,11+,12-/m1/s1. The van der Waals surface area contributed by atoms with Gasteiger partial charge in [0, 0.05) is 6.61 Å². The maximum absolute atomic E-state index is 11.6. The zero-order valence-electron chi connectivity index (χ0n) is 10.3. The Hall–Kier alpha value is -0.750. The van der Waals surface area contributed by atoms with Crippen molar-refractivity contribution in [3.8, 4) is 0 Å². The van der Waals surface area contributed by atoms with Gasteiger partial charge in [0.15, 0.2) is 24.5 Å². The van der Waals surface area contributed by atoms with Gasteiger partial charge in [-0.05, 0) is 32.9 Å². The van der Waals surface area contributed by atoms with Crippen LogP contribution in [0, 0.1) is 0 Å². The first kappa shape index (κ1) is 12.7. The zero-order chi connectivity index (χ0) is 12.4. The molecule has 5 heteroatoms. The van der Waals surface area contributed by atoms with E-state index in [2.05, 4.69) is 0 Å². The Labute approximate surface area is 101 Å². The molecule has 0 N–H and O–H groups in total. The number of rotatable bonds is 5. The molecule has 1 fully saturated rings. The van der Waals surface area contributed by atoms with Gasteiger partial charge in [0.1, 0.15) is 6.10 Å². The number of carbonyl (C=O) groups excluding carboxylic acids is 1. The van der Waals surface area contributed by atoms with Crippen LogP contribution in [0.3, 0.4) is 0 Å². The van der Waals surface area contributed by atoms with Crippen molar-refractivity contribution in [3.63, 3.8) is 0 Å². The topological polar surface area (TPSA) is 57.3 Å². The highest BCUT2D eigenvalue weighted by Crippen LogP contribution is 2.30. The van der Waals surface area contributed by atoms with Crippen LogP contribution in [0.1, 0.15) is 20.8 Å². The number of ether oxygens (including phenoxy) is 4. The highest BCUT2D eigenvalue weighted by molar-refractivity contribution is 5.95. The largest absolute Gasteiger partial charge is 0.367 e. The quantitative estimate of drug-likeness (QED) is 0.532. The summed E-state index contributed by atoms with van der Waals surface area (Å²) in [5, 5.41) is 0. The highest BCUT2D eigenvalue weighted by Gasteiger charge is 2.47. The third-order valence-electron chi connectivity index (χ3n) is 2.76. The van der Waals surface area contributed by atoms with E-state index < -0.39 is 12.4 Å². The van der Waals surface area contributed by atoms with Crippen LogP contribution in [0.4, 0.5) is 0 Å². The van der Waals surface area contributed by atoms with E-state index in [1.165, 1.54) is 6.08 Å². The fourth-order valence-electron chi connectivity index (χ4n) is 1.82. The Morgan fingerprint density at radius 1 is 1.47 bits per heavy atom. The van der Waals surface area contributed by atoms with Crippen molar-refractivity contribution >= 4 is 5.78 Å². The molecule has 0 bridgehead atoms. The second-order valence-electron chi connectivity index (χ2n) is 4.15. The van der Waals surface area contributed by atoms with Gasteiger partial charge in [-0.2, -0.15) is 0 Å². The minimum atomic E-state index is -0.547. The number of ketones is 1. The highest BCUT2D eigenvalue weighted by atomic mass is 16.8. The molecular weight excluding hydrogens is 224 g/mol. The van der Waals surface area contributed by atoms with Crippen molar-refractivity contribution in [1.29, 1.82) is 0 Å². The van der Waals surface area contributed by atoms with Gasteiger partial charge in [-0.25, -0.2) is 0 Å². The molecule has 0 saturated carbocycles. The van der Waals surface area contributed by atoms with Gasteiger partial charge in [0.2, 0.25) is 0 Å². The molecule has 0 radical (unpaired) electrons. The summed E-state index contributed by atoms with van der Waals surface area (Å²) >= 11 is 0. The van der Waals surface area contributed by atoms with E-state index in [4.69, 9.17) is 18.9 Å². The average molecular weight is 242 g/mol. The second-order valence-corrected chi connectivity index (χ2v) is 4.15. The summed E-state index contributed by atoms with van der Waals surface area (Å²) in [7, 11) is 0. The molecule has 0 aromatic carbocycles. The van der Waals surface area contributed by atoms with Crippen LogP contribution in [0.25, 0.3) is 0 Å². The summed E-state index contributed by atoms with van der Waals surface area (Å²) in [5.41, 5.74) is 0. The van der Waals surface area contributed by atoms with Gasteiger partial charge < -0.3 is 18.9 Å². The molecule has 2 aliphatic rings. The lowest BCUT2D eigenvalue weighted by atomic mass is 10.1. The van der Waals surface area contributed by atoms with Crippen LogP contribution in [0.5, 0.6) is 0 Å². The number of hydrogen-bond acceptors (Lipinski definition) is 5. The molecule has 0 aromatic rings. The van der Waals surface area contributed by atoms with E-state index in [-0.39, 0.29) is 24.3 Å². The Kier molecular flexibility index (Phi) is 3.93. The van der Waals surface area contributed by atoms with Gasteiger partial charge in [0.05, 0.1) is 6.10 Å². The smallest absolute Gasteiger partial charge is 0.187 e. The predicted octanol–water partition coefficient (Wildman–Crippen LogP) is 1.02. The van der Waals surface area contributed by atoms with Crippen molar-refractivity contribution < 1.29 is 23.7 Å². The minimum absolute atomic E-state index is 0.0664. The summed E-state index contributed by atoms with van der Waals surface area (Å²) in [5.74, 6) is -0.0664. The van der Waals surface area contributed by atoms with Gasteiger partial charge in [0.25, 0.3) is 0 Å². The lowest BCUT2D eigenvalue weighted by molar-refractivity contribution is -0.233. The SMILES string of the molecule is CCOC(C)O[C@H]1C=CC(=O)[C@H]([C@H]2O[C@@H]2C)O1. The monoisotopic (exact) mass is 242 g/mol. The van der Waals surface area contributed by atoms with Crippen LogP contribution >= 0.6 is 0 Å². The van der Waals surface area contributed by atoms with Crippen molar-refractivity contribution in [3.05, 3.63) is 12.2 Å². The molecule has 96 valence electrons. The van der Waals surface area contributed by atoms with E-state index in [1.807, 2.05) is 13.8 Å².